The Balaban J connectivity index is 1.85. The zero-order chi connectivity index (χ0) is 20.7. The first-order valence-electron chi connectivity index (χ1n) is 10.0. The van der Waals surface area contributed by atoms with Gasteiger partial charge in [-0.05, 0) is 0 Å². The number of hydrogen-bond acceptors (Lipinski definition) is 1. The Morgan fingerprint density at radius 3 is 2.30 bits per heavy atom. The summed E-state index contributed by atoms with van der Waals surface area (Å²) in [5.74, 6) is 0.168. The molecule has 1 aliphatic carbocycles. The van der Waals surface area contributed by atoms with Gasteiger partial charge in [0, 0.05) is 0 Å². The summed E-state index contributed by atoms with van der Waals surface area (Å²) in [6, 6.07) is 29.9. The molecule has 0 spiro atoms. The zero-order valence-electron chi connectivity index (χ0n) is 16.4. The molecule has 0 aliphatic heterocycles. The Labute approximate surface area is 188 Å². The van der Waals surface area contributed by atoms with Gasteiger partial charge >= 0.3 is 189 Å². The van der Waals surface area contributed by atoms with E-state index in [0.717, 1.165) is 0 Å². The molecule has 1 atom stereocenters. The van der Waals surface area contributed by atoms with E-state index in [1.165, 1.54) is 44.2 Å². The first-order chi connectivity index (χ1) is 14.5. The third-order valence-corrected chi connectivity index (χ3v) is 8.19. The van der Waals surface area contributed by atoms with Crippen molar-refractivity contribution in [3.63, 3.8) is 0 Å². The standard InChI is InChI=1S/C26H19.2ClH.H2N.Ti/c1-18-25(24-16-15-19-9-5-7-13-22(19)24)17-21-12-6-8-14-23(21)26(18)20-10-3-2-4-11-20;;;;/h2-17,24H,1H2;2*1H;1H2;/q;;;-1;+3/p-2. The summed E-state index contributed by atoms with van der Waals surface area (Å²) < 4.78 is 6.86. The first-order valence-corrected chi connectivity index (χ1v) is 16.4. The minimum atomic E-state index is -3.44. The number of benzene rings is 4. The van der Waals surface area contributed by atoms with Crippen molar-refractivity contribution < 1.29 is 14.7 Å². The molecule has 0 saturated heterocycles. The average Bonchev–Trinajstić information content (AvgIpc) is 3.17. The molecule has 1 nitrogen and oxygen atoms in total. The zero-order valence-corrected chi connectivity index (χ0v) is 19.4. The van der Waals surface area contributed by atoms with E-state index in [1.54, 1.807) is 0 Å². The monoisotopic (exact) mass is 465 g/mol. The second-order valence-electron chi connectivity index (χ2n) is 7.81. The average molecular weight is 466 g/mol. The maximum absolute atomic E-state index is 6.57. The molecule has 0 fully saturated rings. The van der Waals surface area contributed by atoms with Gasteiger partial charge in [0.2, 0.25) is 0 Å². The third kappa shape index (κ3) is 3.77. The van der Waals surface area contributed by atoms with Crippen molar-refractivity contribution in [3.8, 4) is 11.1 Å². The Morgan fingerprint density at radius 1 is 0.800 bits per heavy atom. The van der Waals surface area contributed by atoms with Gasteiger partial charge < -0.3 is 0 Å². The van der Waals surface area contributed by atoms with Crippen LogP contribution >= 0.6 is 18.6 Å². The predicted molar refractivity (Wildman–Crippen MR) is 126 cm³/mol. The summed E-state index contributed by atoms with van der Waals surface area (Å²) in [5, 5.41) is 2.42. The third-order valence-electron chi connectivity index (χ3n) is 5.80. The van der Waals surface area contributed by atoms with E-state index in [9.17, 15) is 0 Å². The molecule has 148 valence electrons. The molecule has 1 aliphatic rings. The Hall–Kier alpha value is -1.87. The van der Waals surface area contributed by atoms with E-state index >= 15 is 0 Å². The van der Waals surface area contributed by atoms with Crippen molar-refractivity contribution in [1.29, 1.82) is 0 Å². The van der Waals surface area contributed by atoms with Crippen LogP contribution in [-0.2, 0) is 19.4 Å². The van der Waals surface area contributed by atoms with Crippen LogP contribution in [0.3, 0.4) is 0 Å². The summed E-state index contributed by atoms with van der Waals surface area (Å²) in [6.07, 6.45) is 4.49. The normalized spacial score (nSPS) is 15.5. The van der Waals surface area contributed by atoms with Crippen molar-refractivity contribution in [1.82, 2.24) is 0 Å². The molecule has 0 bridgehead atoms. The summed E-state index contributed by atoms with van der Waals surface area (Å²) in [5.41, 5.74) is 7.37. The van der Waals surface area contributed by atoms with Gasteiger partial charge in [0.05, 0.1) is 0 Å². The van der Waals surface area contributed by atoms with E-state index in [2.05, 4.69) is 91.0 Å². The topological polar surface area (TPSA) is 26.0 Å². The van der Waals surface area contributed by atoms with Crippen LogP contribution in [0.1, 0.15) is 28.2 Å². The number of hydrogen-bond donors (Lipinski definition) is 1. The summed E-state index contributed by atoms with van der Waals surface area (Å²) in [6.45, 7) is 0. The molecule has 4 aromatic rings. The van der Waals surface area contributed by atoms with Crippen LogP contribution in [0.2, 0.25) is 0 Å². The molecule has 0 amide bonds. The summed E-state index contributed by atoms with van der Waals surface area (Å²) in [4.78, 5) is 0. The van der Waals surface area contributed by atoms with Gasteiger partial charge in [0.1, 0.15) is 0 Å². The molecule has 30 heavy (non-hydrogen) atoms. The molecule has 2 N–H and O–H groups in total. The van der Waals surface area contributed by atoms with Crippen LogP contribution in [0.5, 0.6) is 0 Å². The SMILES string of the molecule is [NH2][Ti]([Cl])([Cl])[CH2]c1c(C2C=Cc3ccccc32)cc2ccccc2c1-c1ccccc1. The fraction of sp³-hybridized carbons (Fsp3) is 0.0769. The van der Waals surface area contributed by atoms with E-state index in [4.69, 9.17) is 22.8 Å². The van der Waals surface area contributed by atoms with Crippen LogP contribution in [-0.4, -0.2) is 0 Å². The van der Waals surface area contributed by atoms with Crippen molar-refractivity contribution in [2.24, 2.45) is 4.22 Å². The van der Waals surface area contributed by atoms with E-state index in [-0.39, 0.29) is 5.92 Å². The van der Waals surface area contributed by atoms with Crippen LogP contribution < -0.4 is 4.22 Å². The van der Waals surface area contributed by atoms with Crippen molar-refractivity contribution >= 4 is 35.5 Å². The van der Waals surface area contributed by atoms with Crippen LogP contribution in [0.25, 0.3) is 28.0 Å². The van der Waals surface area contributed by atoms with Crippen LogP contribution in [0.4, 0.5) is 0 Å². The van der Waals surface area contributed by atoms with Crippen molar-refractivity contribution in [2.75, 3.05) is 0 Å². The van der Waals surface area contributed by atoms with Gasteiger partial charge in [-0.3, -0.25) is 0 Å². The van der Waals surface area contributed by atoms with Gasteiger partial charge in [-0.2, -0.15) is 0 Å². The molecular formula is C26H21Cl2NTi. The number of allylic oxidation sites excluding steroid dienone is 1. The first kappa shape index (κ1) is 20.1. The quantitative estimate of drug-likeness (QED) is 0.310. The Morgan fingerprint density at radius 2 is 1.50 bits per heavy atom. The molecule has 5 rings (SSSR count). The van der Waals surface area contributed by atoms with Gasteiger partial charge in [0.15, 0.2) is 0 Å². The minimum absolute atomic E-state index is 0.168. The van der Waals surface area contributed by atoms with E-state index in [1.807, 2.05) is 6.07 Å². The molecular weight excluding hydrogens is 445 g/mol. The molecule has 1 unspecified atom stereocenters. The Bertz CT molecular complexity index is 1260. The van der Waals surface area contributed by atoms with Gasteiger partial charge in [-0.15, -0.1) is 0 Å². The molecule has 4 heteroatoms. The molecule has 0 radical (unpaired) electrons. The fourth-order valence-electron chi connectivity index (χ4n) is 4.57. The summed E-state index contributed by atoms with van der Waals surface area (Å²) in [7, 11) is 13.1. The number of rotatable bonds is 4. The van der Waals surface area contributed by atoms with Crippen LogP contribution in [0, 0.1) is 0 Å². The molecule has 4 aromatic carbocycles. The van der Waals surface area contributed by atoms with Gasteiger partial charge in [0.25, 0.3) is 0 Å². The Kier molecular flexibility index (Phi) is 5.35. The molecule has 0 aromatic heterocycles. The van der Waals surface area contributed by atoms with Crippen LogP contribution in [0.15, 0.2) is 91.0 Å². The number of halogens is 2. The van der Waals surface area contributed by atoms with Crippen molar-refractivity contribution in [2.45, 2.75) is 10.6 Å². The van der Waals surface area contributed by atoms with Gasteiger partial charge in [-0.1, -0.05) is 0 Å². The molecule has 0 heterocycles. The van der Waals surface area contributed by atoms with Gasteiger partial charge in [-0.25, -0.2) is 0 Å². The molecule has 0 saturated carbocycles. The maximum atomic E-state index is 6.57. The number of fused-ring (bicyclic) bond motifs is 2. The predicted octanol–water partition coefficient (Wildman–Crippen LogP) is 7.50. The van der Waals surface area contributed by atoms with E-state index in [0.29, 0.717) is 4.73 Å². The second kappa shape index (κ2) is 8.00. The van der Waals surface area contributed by atoms with Crippen molar-refractivity contribution in [3.05, 3.63) is 113 Å². The summed E-state index contributed by atoms with van der Waals surface area (Å²) >= 11 is -3.44. The van der Waals surface area contributed by atoms with E-state index < -0.39 is 14.7 Å². The fourth-order valence-corrected chi connectivity index (χ4v) is 7.00. The number of nitrogens with two attached hydrogens (primary N) is 1. The second-order valence-corrected chi connectivity index (χ2v) is 17.1.